The van der Waals surface area contributed by atoms with Gasteiger partial charge in [0.2, 0.25) is 10.9 Å². The first-order valence-corrected chi connectivity index (χ1v) is 8.49. The van der Waals surface area contributed by atoms with Crippen molar-refractivity contribution in [2.24, 2.45) is 0 Å². The molecule has 1 aliphatic rings. The van der Waals surface area contributed by atoms with Crippen molar-refractivity contribution in [2.75, 3.05) is 31.1 Å². The van der Waals surface area contributed by atoms with Gasteiger partial charge in [0.1, 0.15) is 17.1 Å². The number of nitrogens with zero attached hydrogens (tertiary/aromatic N) is 2. The zero-order valence-electron chi connectivity index (χ0n) is 15.0. The van der Waals surface area contributed by atoms with Gasteiger partial charge in [-0.05, 0) is 38.5 Å². The van der Waals surface area contributed by atoms with Crippen molar-refractivity contribution in [3.63, 3.8) is 0 Å². The van der Waals surface area contributed by atoms with Crippen LogP contribution in [0.4, 0.5) is 14.9 Å². The van der Waals surface area contributed by atoms with Crippen LogP contribution in [-0.2, 0) is 4.74 Å². The first kappa shape index (κ1) is 18.1. The largest absolute Gasteiger partial charge is 0.444 e. The number of carbonyl (C=O) groups excluding carboxylic acids is 1. The third kappa shape index (κ3) is 3.47. The predicted molar refractivity (Wildman–Crippen MR) is 96.8 cm³/mol. The first-order chi connectivity index (χ1) is 12.2. The Labute approximate surface area is 150 Å². The second kappa shape index (κ2) is 6.55. The van der Waals surface area contributed by atoms with Gasteiger partial charge in [-0.15, -0.1) is 0 Å². The number of ether oxygens (including phenoxy) is 1. The maximum atomic E-state index is 13.1. The van der Waals surface area contributed by atoms with E-state index in [1.807, 2.05) is 4.90 Å². The van der Waals surface area contributed by atoms with Crippen molar-refractivity contribution in [1.82, 2.24) is 4.90 Å². The number of hydrogen-bond acceptors (Lipinski definition) is 5. The number of piperazine rings is 1. The van der Waals surface area contributed by atoms with Gasteiger partial charge in [0.15, 0.2) is 0 Å². The molecule has 138 valence electrons. The zero-order valence-corrected chi connectivity index (χ0v) is 15.0. The minimum Gasteiger partial charge on any atom is -0.444 e. The summed E-state index contributed by atoms with van der Waals surface area (Å²) in [5.41, 5.74) is -0.453. The Morgan fingerprint density at radius 3 is 2.12 bits per heavy atom. The third-order valence-electron chi connectivity index (χ3n) is 4.27. The quantitative estimate of drug-likeness (QED) is 0.768. The number of hydrogen-bond donors (Lipinski definition) is 0. The molecule has 0 unspecified atom stereocenters. The fourth-order valence-electron chi connectivity index (χ4n) is 3.00. The summed E-state index contributed by atoms with van der Waals surface area (Å²) in [6.45, 7) is 7.07. The van der Waals surface area contributed by atoms with E-state index in [1.54, 1.807) is 25.7 Å². The van der Waals surface area contributed by atoms with E-state index in [9.17, 15) is 18.8 Å². The van der Waals surface area contributed by atoms with Gasteiger partial charge in [0.25, 0.3) is 0 Å². The zero-order chi connectivity index (χ0) is 19.1. The average Bonchev–Trinajstić information content (AvgIpc) is 2.58. The highest BCUT2D eigenvalue weighted by Gasteiger charge is 2.31. The Bertz CT molecular complexity index is 884. The normalized spacial score (nSPS) is 15.4. The number of halogens is 1. The number of rotatable bonds is 2. The lowest BCUT2D eigenvalue weighted by Gasteiger charge is -2.37. The van der Waals surface area contributed by atoms with Crippen LogP contribution in [-0.4, -0.2) is 42.8 Å². The Kier molecular flexibility index (Phi) is 4.56. The van der Waals surface area contributed by atoms with Crippen molar-refractivity contribution in [3.8, 4) is 11.1 Å². The lowest BCUT2D eigenvalue weighted by atomic mass is 9.97. The van der Waals surface area contributed by atoms with E-state index in [2.05, 4.69) is 0 Å². The molecule has 1 saturated heterocycles. The van der Waals surface area contributed by atoms with Crippen molar-refractivity contribution in [3.05, 3.63) is 50.5 Å². The van der Waals surface area contributed by atoms with Crippen molar-refractivity contribution in [1.29, 1.82) is 0 Å². The molecule has 26 heavy (non-hydrogen) atoms. The molecule has 7 heteroatoms. The molecular weight excluding hydrogens is 339 g/mol. The molecule has 0 radical (unpaired) electrons. The molecule has 0 atom stereocenters. The van der Waals surface area contributed by atoms with Crippen LogP contribution in [0.5, 0.6) is 0 Å². The summed E-state index contributed by atoms with van der Waals surface area (Å²) < 4.78 is 18.5. The van der Waals surface area contributed by atoms with E-state index in [4.69, 9.17) is 4.74 Å². The summed E-state index contributed by atoms with van der Waals surface area (Å²) in [6, 6.07) is 5.50. The maximum Gasteiger partial charge on any atom is 0.410 e. The molecule has 0 aliphatic carbocycles. The van der Waals surface area contributed by atoms with Gasteiger partial charge >= 0.3 is 6.09 Å². The molecular formula is C19H21FN2O4. The second-order valence-electron chi connectivity index (χ2n) is 7.34. The summed E-state index contributed by atoms with van der Waals surface area (Å²) in [4.78, 5) is 39.6. The van der Waals surface area contributed by atoms with Gasteiger partial charge in [-0.1, -0.05) is 12.1 Å². The summed E-state index contributed by atoms with van der Waals surface area (Å²) in [5, 5.41) is 0. The van der Waals surface area contributed by atoms with E-state index in [0.717, 1.165) is 0 Å². The highest BCUT2D eigenvalue weighted by molar-refractivity contribution is 5.83. The van der Waals surface area contributed by atoms with Crippen molar-refractivity contribution >= 4 is 11.8 Å². The maximum absolute atomic E-state index is 13.1. The lowest BCUT2D eigenvalue weighted by molar-refractivity contribution is 0.0240. The first-order valence-electron chi connectivity index (χ1n) is 8.49. The summed E-state index contributed by atoms with van der Waals surface area (Å²) in [5.74, 6) is -0.403. The molecule has 1 amide bonds. The van der Waals surface area contributed by atoms with Crippen molar-refractivity contribution < 1.29 is 13.9 Å². The van der Waals surface area contributed by atoms with E-state index >= 15 is 0 Å². The minimum absolute atomic E-state index is 0.320. The highest BCUT2D eigenvalue weighted by Crippen LogP contribution is 2.27. The van der Waals surface area contributed by atoms with Crippen LogP contribution < -0.4 is 15.8 Å². The fourth-order valence-corrected chi connectivity index (χ4v) is 3.00. The van der Waals surface area contributed by atoms with Gasteiger partial charge in [-0.25, -0.2) is 9.18 Å². The Morgan fingerprint density at radius 1 is 1.00 bits per heavy atom. The molecule has 0 saturated carbocycles. The number of benzene rings is 1. The van der Waals surface area contributed by atoms with E-state index in [0.29, 0.717) is 43.0 Å². The van der Waals surface area contributed by atoms with E-state index in [1.165, 1.54) is 24.3 Å². The van der Waals surface area contributed by atoms with E-state index in [-0.39, 0.29) is 6.09 Å². The van der Waals surface area contributed by atoms with Gasteiger partial charge in [-0.2, -0.15) is 0 Å². The molecule has 0 N–H and O–H groups in total. The van der Waals surface area contributed by atoms with Crippen LogP contribution in [0, 0.1) is 5.82 Å². The summed E-state index contributed by atoms with van der Waals surface area (Å²) in [6.07, 6.45) is -0.388. The summed E-state index contributed by atoms with van der Waals surface area (Å²) in [7, 11) is 0. The number of anilines is 1. The molecule has 1 aliphatic heterocycles. The fraction of sp³-hybridized carbons (Fsp3) is 0.421. The average molecular weight is 360 g/mol. The van der Waals surface area contributed by atoms with Crippen molar-refractivity contribution in [2.45, 2.75) is 26.4 Å². The highest BCUT2D eigenvalue weighted by atomic mass is 19.1. The molecule has 0 spiro atoms. The molecule has 3 rings (SSSR count). The molecule has 1 heterocycles. The number of carbonyl (C=O) groups is 1. The van der Waals surface area contributed by atoms with Crippen LogP contribution in [0.2, 0.25) is 0 Å². The van der Waals surface area contributed by atoms with Crippen LogP contribution in [0.15, 0.2) is 33.9 Å². The Morgan fingerprint density at radius 2 is 1.58 bits per heavy atom. The van der Waals surface area contributed by atoms with Gasteiger partial charge in [-0.3, -0.25) is 9.59 Å². The molecule has 2 aromatic carbocycles. The van der Waals surface area contributed by atoms with Gasteiger partial charge in [0.05, 0.1) is 5.56 Å². The van der Waals surface area contributed by atoms with Crippen LogP contribution in [0.25, 0.3) is 11.1 Å². The van der Waals surface area contributed by atoms with E-state index < -0.39 is 22.3 Å². The van der Waals surface area contributed by atoms with Crippen LogP contribution in [0.1, 0.15) is 20.8 Å². The second-order valence-corrected chi connectivity index (χ2v) is 7.34. The van der Waals surface area contributed by atoms with Crippen LogP contribution in [0.3, 0.4) is 0 Å². The third-order valence-corrected chi connectivity index (χ3v) is 4.27. The van der Waals surface area contributed by atoms with Gasteiger partial charge < -0.3 is 14.5 Å². The molecule has 0 aromatic heterocycles. The molecule has 2 aromatic rings. The monoisotopic (exact) mass is 360 g/mol. The lowest BCUT2D eigenvalue weighted by Crippen LogP contribution is -2.53. The summed E-state index contributed by atoms with van der Waals surface area (Å²) >= 11 is 0. The Hall–Kier alpha value is -2.70. The Balaban J connectivity index is 1.74. The van der Waals surface area contributed by atoms with Crippen LogP contribution >= 0.6 is 0 Å². The predicted octanol–water partition coefficient (Wildman–Crippen LogP) is 2.15. The molecule has 1 fully saturated rings. The molecule has 6 nitrogen and oxygen atoms in total. The standard InChI is InChI=1S/C19H21FN2O4/c1-19(2,3)26-18(25)22-10-8-21(9-11-22)15-14(16(23)17(15)24)12-4-6-13(20)7-5-12/h4-7H,8-11H2,1-3H3. The topological polar surface area (TPSA) is 66.9 Å². The SMILES string of the molecule is CC(C)(C)OC(=O)N1CCN(c2c(-c3ccc(F)cc3)c(=O)c2=O)CC1. The smallest absolute Gasteiger partial charge is 0.410 e. The minimum atomic E-state index is -0.567. The number of amides is 1. The van der Waals surface area contributed by atoms with Gasteiger partial charge in [0, 0.05) is 26.2 Å². The molecule has 0 bridgehead atoms.